The minimum atomic E-state index is 0.521. The largest absolute Gasteiger partial charge is 0.411 e. The van der Waals surface area contributed by atoms with E-state index >= 15 is 0 Å². The van der Waals surface area contributed by atoms with Crippen LogP contribution in [-0.4, -0.2) is 21.8 Å². The highest BCUT2D eigenvalue weighted by molar-refractivity contribution is 6.05. The first kappa shape index (κ1) is 7.05. The first-order valence-electron chi connectivity index (χ1n) is 3.26. The van der Waals surface area contributed by atoms with Gasteiger partial charge in [0.05, 0.1) is 11.4 Å². The van der Waals surface area contributed by atoms with Gasteiger partial charge in [-0.3, -0.25) is 0 Å². The van der Waals surface area contributed by atoms with Crippen molar-refractivity contribution in [3.05, 3.63) is 0 Å². The molecule has 1 aliphatic rings. The van der Waals surface area contributed by atoms with Gasteiger partial charge >= 0.3 is 0 Å². The summed E-state index contributed by atoms with van der Waals surface area (Å²) in [6.45, 7) is 0. The summed E-state index contributed by atoms with van der Waals surface area (Å²) in [6, 6.07) is 0. The van der Waals surface area contributed by atoms with Crippen molar-refractivity contribution in [1.82, 2.24) is 0 Å². The highest BCUT2D eigenvalue weighted by Crippen LogP contribution is 2.12. The van der Waals surface area contributed by atoms with E-state index in [4.69, 9.17) is 10.4 Å². The zero-order chi connectivity index (χ0) is 7.40. The van der Waals surface area contributed by atoms with Gasteiger partial charge in [0.25, 0.3) is 0 Å². The molecule has 0 spiro atoms. The summed E-state index contributed by atoms with van der Waals surface area (Å²) < 4.78 is 0. The molecule has 56 valence electrons. The van der Waals surface area contributed by atoms with Gasteiger partial charge in [-0.1, -0.05) is 10.3 Å². The van der Waals surface area contributed by atoms with Crippen molar-refractivity contribution in [2.45, 2.75) is 25.7 Å². The Hall–Kier alpha value is -1.06. The van der Waals surface area contributed by atoms with Crippen molar-refractivity contribution >= 4 is 11.4 Å². The average molecular weight is 142 g/mol. The molecule has 2 N–H and O–H groups in total. The SMILES string of the molecule is O/N=C1/CCC/C(=N\O)C1. The molecule has 1 saturated carbocycles. The van der Waals surface area contributed by atoms with Crippen LogP contribution in [0, 0.1) is 0 Å². The molecule has 0 radical (unpaired) electrons. The van der Waals surface area contributed by atoms with Gasteiger partial charge in [0.15, 0.2) is 0 Å². The van der Waals surface area contributed by atoms with E-state index in [1.807, 2.05) is 0 Å². The Morgan fingerprint density at radius 2 is 1.50 bits per heavy atom. The van der Waals surface area contributed by atoms with E-state index in [2.05, 4.69) is 10.3 Å². The molecule has 0 aliphatic heterocycles. The third kappa shape index (κ3) is 1.46. The molecular weight excluding hydrogens is 132 g/mol. The third-order valence-electron chi connectivity index (χ3n) is 1.62. The lowest BCUT2D eigenvalue weighted by molar-refractivity contribution is 0.311. The first-order chi connectivity index (χ1) is 4.86. The maximum atomic E-state index is 8.36. The Balaban J connectivity index is 2.56. The van der Waals surface area contributed by atoms with Crippen LogP contribution in [0.1, 0.15) is 25.7 Å². The maximum Gasteiger partial charge on any atom is 0.0628 e. The molecule has 0 aromatic carbocycles. The monoisotopic (exact) mass is 142 g/mol. The van der Waals surface area contributed by atoms with Crippen LogP contribution in [0.5, 0.6) is 0 Å². The topological polar surface area (TPSA) is 65.2 Å². The standard InChI is InChI=1S/C6H10N2O2/c9-7-5-2-1-3-6(4-5)8-10/h9-10H,1-4H2/b7-5-,8-6+. The van der Waals surface area contributed by atoms with Gasteiger partial charge in [0, 0.05) is 6.42 Å². The van der Waals surface area contributed by atoms with Gasteiger partial charge < -0.3 is 10.4 Å². The Morgan fingerprint density at radius 3 is 1.90 bits per heavy atom. The predicted molar refractivity (Wildman–Crippen MR) is 36.9 cm³/mol. The molecule has 0 aromatic heterocycles. The molecule has 1 fully saturated rings. The van der Waals surface area contributed by atoms with Crippen molar-refractivity contribution in [1.29, 1.82) is 0 Å². The van der Waals surface area contributed by atoms with Crippen LogP contribution < -0.4 is 0 Å². The zero-order valence-electron chi connectivity index (χ0n) is 5.62. The molecule has 1 rings (SSSR count). The van der Waals surface area contributed by atoms with Crippen molar-refractivity contribution < 1.29 is 10.4 Å². The molecule has 0 saturated heterocycles. The Bertz CT molecular complexity index is 157. The molecule has 0 bridgehead atoms. The van der Waals surface area contributed by atoms with Gasteiger partial charge in [-0.15, -0.1) is 0 Å². The summed E-state index contributed by atoms with van der Waals surface area (Å²) in [5.41, 5.74) is 1.41. The fourth-order valence-electron chi connectivity index (χ4n) is 1.08. The van der Waals surface area contributed by atoms with Crippen molar-refractivity contribution in [2.24, 2.45) is 10.3 Å². The fourth-order valence-corrected chi connectivity index (χ4v) is 1.08. The van der Waals surface area contributed by atoms with Crippen molar-refractivity contribution in [3.63, 3.8) is 0 Å². The van der Waals surface area contributed by atoms with E-state index in [1.165, 1.54) is 0 Å². The van der Waals surface area contributed by atoms with Crippen LogP contribution in [0.3, 0.4) is 0 Å². The molecule has 10 heavy (non-hydrogen) atoms. The second-order valence-electron chi connectivity index (χ2n) is 2.36. The summed E-state index contributed by atoms with van der Waals surface area (Å²) >= 11 is 0. The zero-order valence-corrected chi connectivity index (χ0v) is 5.62. The molecule has 0 unspecified atom stereocenters. The van der Waals surface area contributed by atoms with Gasteiger partial charge in [-0.2, -0.15) is 0 Å². The fraction of sp³-hybridized carbons (Fsp3) is 0.667. The molecule has 0 aromatic rings. The van der Waals surface area contributed by atoms with Crippen molar-refractivity contribution in [3.8, 4) is 0 Å². The van der Waals surface area contributed by atoms with Crippen LogP contribution in [0.4, 0.5) is 0 Å². The van der Waals surface area contributed by atoms with Gasteiger partial charge in [-0.25, -0.2) is 0 Å². The smallest absolute Gasteiger partial charge is 0.0628 e. The Labute approximate surface area is 58.8 Å². The Kier molecular flexibility index (Phi) is 2.25. The summed E-state index contributed by atoms with van der Waals surface area (Å²) in [5.74, 6) is 0. The lowest BCUT2D eigenvalue weighted by Gasteiger charge is -2.11. The number of oxime groups is 2. The molecule has 1 aliphatic carbocycles. The van der Waals surface area contributed by atoms with Gasteiger partial charge in [-0.05, 0) is 19.3 Å². The lowest BCUT2D eigenvalue weighted by Crippen LogP contribution is -2.14. The van der Waals surface area contributed by atoms with Gasteiger partial charge in [0.2, 0.25) is 0 Å². The normalized spacial score (nSPS) is 27.6. The molecule has 0 amide bonds. The number of rotatable bonds is 0. The third-order valence-corrected chi connectivity index (χ3v) is 1.62. The molecule has 0 atom stereocenters. The van der Waals surface area contributed by atoms with Crippen LogP contribution in [0.2, 0.25) is 0 Å². The molecule has 0 heterocycles. The van der Waals surface area contributed by atoms with Crippen LogP contribution >= 0.6 is 0 Å². The second-order valence-corrected chi connectivity index (χ2v) is 2.36. The van der Waals surface area contributed by atoms with Crippen LogP contribution in [-0.2, 0) is 0 Å². The van der Waals surface area contributed by atoms with E-state index in [0.717, 1.165) is 19.3 Å². The minimum absolute atomic E-state index is 0.521. The maximum absolute atomic E-state index is 8.36. The summed E-state index contributed by atoms with van der Waals surface area (Å²) in [5, 5.41) is 22.9. The highest BCUT2D eigenvalue weighted by Gasteiger charge is 2.13. The molecule has 4 heteroatoms. The number of nitrogens with zero attached hydrogens (tertiary/aromatic N) is 2. The highest BCUT2D eigenvalue weighted by atomic mass is 16.4. The average Bonchev–Trinajstić information content (AvgIpc) is 2.05. The van der Waals surface area contributed by atoms with E-state index in [9.17, 15) is 0 Å². The molecule has 4 nitrogen and oxygen atoms in total. The van der Waals surface area contributed by atoms with Crippen LogP contribution in [0.25, 0.3) is 0 Å². The first-order valence-corrected chi connectivity index (χ1v) is 3.26. The number of hydrogen-bond donors (Lipinski definition) is 2. The van der Waals surface area contributed by atoms with Crippen molar-refractivity contribution in [2.75, 3.05) is 0 Å². The summed E-state index contributed by atoms with van der Waals surface area (Å²) in [4.78, 5) is 0. The quantitative estimate of drug-likeness (QED) is 0.394. The predicted octanol–water partition coefficient (Wildman–Crippen LogP) is 1.22. The van der Waals surface area contributed by atoms with E-state index in [1.54, 1.807) is 0 Å². The lowest BCUT2D eigenvalue weighted by atomic mass is 9.97. The van der Waals surface area contributed by atoms with E-state index < -0.39 is 0 Å². The minimum Gasteiger partial charge on any atom is -0.411 e. The summed E-state index contributed by atoms with van der Waals surface area (Å²) in [6.07, 6.45) is 3.07. The second kappa shape index (κ2) is 3.20. The summed E-state index contributed by atoms with van der Waals surface area (Å²) in [7, 11) is 0. The number of hydrogen-bond acceptors (Lipinski definition) is 4. The molecular formula is C6H10N2O2. The van der Waals surface area contributed by atoms with Crippen LogP contribution in [0.15, 0.2) is 10.3 Å². The van der Waals surface area contributed by atoms with E-state index in [-0.39, 0.29) is 0 Å². The van der Waals surface area contributed by atoms with Gasteiger partial charge in [0.1, 0.15) is 0 Å². The Morgan fingerprint density at radius 1 is 1.00 bits per heavy atom. The van der Waals surface area contributed by atoms with E-state index in [0.29, 0.717) is 17.8 Å².